The maximum Gasteiger partial charge on any atom is 0.254 e. The Morgan fingerprint density at radius 1 is 1.47 bits per heavy atom. The first-order valence-corrected chi connectivity index (χ1v) is 4.77. The second-order valence-corrected chi connectivity index (χ2v) is 3.32. The zero-order valence-corrected chi connectivity index (χ0v) is 8.99. The summed E-state index contributed by atoms with van der Waals surface area (Å²) in [5.74, 6) is -0.219. The van der Waals surface area contributed by atoms with E-state index in [0.29, 0.717) is 0 Å². The van der Waals surface area contributed by atoms with Crippen LogP contribution in [0.1, 0.15) is 5.56 Å². The lowest BCUT2D eigenvalue weighted by Gasteiger charge is -2.12. The fraction of sp³-hybridized carbons (Fsp3) is 0.364. The van der Waals surface area contributed by atoms with Crippen molar-refractivity contribution in [3.05, 3.63) is 29.8 Å². The van der Waals surface area contributed by atoms with Gasteiger partial charge in [-0.05, 0) is 19.1 Å². The highest BCUT2D eigenvalue weighted by molar-refractivity contribution is 5.94. The normalized spacial score (nSPS) is 12.2. The van der Waals surface area contributed by atoms with Crippen LogP contribution in [0.4, 0.5) is 5.69 Å². The maximum absolute atomic E-state index is 11.5. The fourth-order valence-electron chi connectivity index (χ4n) is 1.17. The lowest BCUT2D eigenvalue weighted by molar-refractivity contribution is -0.125. The lowest BCUT2D eigenvalue weighted by Crippen LogP contribution is -2.35. The van der Waals surface area contributed by atoms with E-state index in [4.69, 9.17) is 10.5 Å². The first-order chi connectivity index (χ1) is 7.17. The maximum atomic E-state index is 11.5. The van der Waals surface area contributed by atoms with E-state index in [1.165, 1.54) is 7.11 Å². The number of hydrogen-bond acceptors (Lipinski definition) is 3. The van der Waals surface area contributed by atoms with E-state index in [9.17, 15) is 4.79 Å². The Bertz CT molecular complexity index is 318. The minimum atomic E-state index is -0.591. The average molecular weight is 208 g/mol. The molecule has 0 aromatic heterocycles. The number of anilines is 1. The molecule has 0 saturated carbocycles. The third kappa shape index (κ3) is 3.34. The molecule has 15 heavy (non-hydrogen) atoms. The number of nitrogens with one attached hydrogen (secondary N) is 1. The van der Waals surface area contributed by atoms with Gasteiger partial charge in [0.15, 0.2) is 0 Å². The van der Waals surface area contributed by atoms with Gasteiger partial charge in [0.1, 0.15) is 6.10 Å². The molecule has 0 aliphatic rings. The molecule has 82 valence electrons. The zero-order valence-electron chi connectivity index (χ0n) is 8.99. The monoisotopic (exact) mass is 208 g/mol. The van der Waals surface area contributed by atoms with Crippen molar-refractivity contribution in [1.82, 2.24) is 0 Å². The van der Waals surface area contributed by atoms with Crippen molar-refractivity contribution >= 4 is 11.6 Å². The number of amides is 1. The van der Waals surface area contributed by atoms with Gasteiger partial charge in [0.05, 0.1) is 0 Å². The van der Waals surface area contributed by atoms with Gasteiger partial charge in [-0.3, -0.25) is 4.79 Å². The molecular weight excluding hydrogens is 192 g/mol. The summed E-state index contributed by atoms with van der Waals surface area (Å²) in [6.45, 7) is 2.16. The largest absolute Gasteiger partial charge is 0.370 e. The molecule has 0 fully saturated rings. The minimum absolute atomic E-state index is 0.175. The molecule has 1 aromatic rings. The predicted molar refractivity (Wildman–Crippen MR) is 59.7 cm³/mol. The Hall–Kier alpha value is -1.39. The van der Waals surface area contributed by atoms with Gasteiger partial charge in [-0.15, -0.1) is 0 Å². The van der Waals surface area contributed by atoms with Crippen molar-refractivity contribution in [1.29, 1.82) is 0 Å². The van der Waals surface area contributed by atoms with Crippen molar-refractivity contribution in [2.75, 3.05) is 19.0 Å². The van der Waals surface area contributed by atoms with E-state index in [1.54, 1.807) is 0 Å². The van der Waals surface area contributed by atoms with Crippen LogP contribution in [-0.2, 0) is 9.53 Å². The molecule has 3 N–H and O–H groups in total. The van der Waals surface area contributed by atoms with E-state index < -0.39 is 6.10 Å². The molecule has 0 aliphatic carbocycles. The van der Waals surface area contributed by atoms with Crippen LogP contribution in [0.25, 0.3) is 0 Å². The lowest BCUT2D eigenvalue weighted by atomic mass is 10.2. The summed E-state index contributed by atoms with van der Waals surface area (Å²) >= 11 is 0. The van der Waals surface area contributed by atoms with Crippen LogP contribution >= 0.6 is 0 Å². The molecular formula is C11H16N2O2. The summed E-state index contributed by atoms with van der Waals surface area (Å²) in [6.07, 6.45) is -0.591. The number of hydrogen-bond donors (Lipinski definition) is 2. The molecule has 1 aromatic carbocycles. The first kappa shape index (κ1) is 11.7. The number of carbonyl (C=O) groups excluding carboxylic acids is 1. The van der Waals surface area contributed by atoms with E-state index >= 15 is 0 Å². The number of ether oxygens (including phenoxy) is 1. The number of rotatable bonds is 4. The summed E-state index contributed by atoms with van der Waals surface area (Å²) in [7, 11) is 1.46. The molecule has 1 atom stereocenters. The third-order valence-electron chi connectivity index (χ3n) is 2.11. The molecule has 0 radical (unpaired) electrons. The standard InChI is InChI=1S/C11H16N2O2/c1-8-3-5-9(6-4-8)13-11(14)10(7-12)15-2/h3-6,10H,7,12H2,1-2H3,(H,13,14). The van der Waals surface area contributed by atoms with Crippen LogP contribution in [0.3, 0.4) is 0 Å². The highest BCUT2D eigenvalue weighted by atomic mass is 16.5. The van der Waals surface area contributed by atoms with Gasteiger partial charge >= 0.3 is 0 Å². The van der Waals surface area contributed by atoms with Crippen molar-refractivity contribution in [2.45, 2.75) is 13.0 Å². The third-order valence-corrected chi connectivity index (χ3v) is 2.11. The minimum Gasteiger partial charge on any atom is -0.370 e. The van der Waals surface area contributed by atoms with Gasteiger partial charge in [-0.25, -0.2) is 0 Å². The molecule has 0 bridgehead atoms. The number of carbonyl (C=O) groups is 1. The van der Waals surface area contributed by atoms with Gasteiger partial charge in [-0.2, -0.15) is 0 Å². The van der Waals surface area contributed by atoms with Gasteiger partial charge in [0, 0.05) is 19.3 Å². The molecule has 4 nitrogen and oxygen atoms in total. The van der Waals surface area contributed by atoms with Crippen LogP contribution in [0, 0.1) is 6.92 Å². The van der Waals surface area contributed by atoms with Gasteiger partial charge in [-0.1, -0.05) is 17.7 Å². The summed E-state index contributed by atoms with van der Waals surface area (Å²) < 4.78 is 4.92. The van der Waals surface area contributed by atoms with Crippen molar-refractivity contribution < 1.29 is 9.53 Å². The van der Waals surface area contributed by atoms with E-state index in [0.717, 1.165) is 11.3 Å². The van der Waals surface area contributed by atoms with Gasteiger partial charge in [0.2, 0.25) is 0 Å². The quantitative estimate of drug-likeness (QED) is 0.773. The number of aryl methyl sites for hydroxylation is 1. The molecule has 1 amide bonds. The van der Waals surface area contributed by atoms with Crippen molar-refractivity contribution in [3.8, 4) is 0 Å². The second kappa shape index (κ2) is 5.48. The van der Waals surface area contributed by atoms with Crippen LogP contribution in [0.2, 0.25) is 0 Å². The molecule has 0 spiro atoms. The van der Waals surface area contributed by atoms with Crippen LogP contribution in [-0.4, -0.2) is 25.7 Å². The molecule has 1 unspecified atom stereocenters. The molecule has 1 rings (SSSR count). The highest BCUT2D eigenvalue weighted by Gasteiger charge is 2.15. The van der Waals surface area contributed by atoms with Crippen molar-refractivity contribution in [3.63, 3.8) is 0 Å². The molecule has 0 aliphatic heterocycles. The topological polar surface area (TPSA) is 64.3 Å². The van der Waals surface area contributed by atoms with E-state index in [1.807, 2.05) is 31.2 Å². The van der Waals surface area contributed by atoms with Gasteiger partial charge < -0.3 is 15.8 Å². The zero-order chi connectivity index (χ0) is 11.3. The SMILES string of the molecule is COC(CN)C(=O)Nc1ccc(C)cc1. The second-order valence-electron chi connectivity index (χ2n) is 3.32. The molecule has 0 saturated heterocycles. The van der Waals surface area contributed by atoms with Crippen LogP contribution in [0.15, 0.2) is 24.3 Å². The summed E-state index contributed by atoms with van der Waals surface area (Å²) in [5.41, 5.74) is 7.28. The predicted octanol–water partition coefficient (Wildman–Crippen LogP) is 0.907. The summed E-state index contributed by atoms with van der Waals surface area (Å²) in [4.78, 5) is 11.5. The smallest absolute Gasteiger partial charge is 0.254 e. The number of benzene rings is 1. The first-order valence-electron chi connectivity index (χ1n) is 4.77. The number of nitrogens with two attached hydrogens (primary N) is 1. The van der Waals surface area contributed by atoms with E-state index in [-0.39, 0.29) is 12.5 Å². The Morgan fingerprint density at radius 3 is 2.53 bits per heavy atom. The average Bonchev–Trinajstić information content (AvgIpc) is 2.23. The Morgan fingerprint density at radius 2 is 2.07 bits per heavy atom. The number of methoxy groups -OCH3 is 1. The van der Waals surface area contributed by atoms with Gasteiger partial charge in [0.25, 0.3) is 5.91 Å². The highest BCUT2D eigenvalue weighted by Crippen LogP contribution is 2.09. The van der Waals surface area contributed by atoms with Crippen molar-refractivity contribution in [2.24, 2.45) is 5.73 Å². The van der Waals surface area contributed by atoms with Crippen LogP contribution < -0.4 is 11.1 Å². The molecule has 4 heteroatoms. The Balaban J connectivity index is 2.61. The fourth-order valence-corrected chi connectivity index (χ4v) is 1.17. The molecule has 0 heterocycles. The Labute approximate surface area is 89.4 Å². The summed E-state index contributed by atoms with van der Waals surface area (Å²) in [5, 5.41) is 2.73. The Kier molecular flexibility index (Phi) is 4.27. The van der Waals surface area contributed by atoms with E-state index in [2.05, 4.69) is 5.32 Å². The summed E-state index contributed by atoms with van der Waals surface area (Å²) in [6, 6.07) is 7.55. The van der Waals surface area contributed by atoms with Crippen LogP contribution in [0.5, 0.6) is 0 Å².